The lowest BCUT2D eigenvalue weighted by Gasteiger charge is -2.36. The van der Waals surface area contributed by atoms with Crippen molar-refractivity contribution in [2.75, 3.05) is 67.6 Å². The summed E-state index contributed by atoms with van der Waals surface area (Å²) in [5.41, 5.74) is 2.45. The number of para-hydroxylation sites is 1. The van der Waals surface area contributed by atoms with E-state index in [0.29, 0.717) is 28.3 Å². The molecule has 2 fully saturated rings. The molecule has 7 rings (SSSR count). The zero-order valence-electron chi connectivity index (χ0n) is 34.8. The van der Waals surface area contributed by atoms with Crippen LogP contribution in [0.2, 0.25) is 0 Å². The van der Waals surface area contributed by atoms with Crippen LogP contribution in [-0.4, -0.2) is 126 Å². The lowest BCUT2D eigenvalue weighted by molar-refractivity contribution is 0.139. The van der Waals surface area contributed by atoms with Gasteiger partial charge in [-0.05, 0) is 107 Å². The van der Waals surface area contributed by atoms with Crippen molar-refractivity contribution in [2.45, 2.75) is 51.6 Å². The van der Waals surface area contributed by atoms with Crippen molar-refractivity contribution in [3.05, 3.63) is 103 Å². The zero-order valence-corrected chi connectivity index (χ0v) is 34.8. The van der Waals surface area contributed by atoms with Crippen LogP contribution in [0.5, 0.6) is 17.2 Å². The molecule has 0 bridgehead atoms. The van der Waals surface area contributed by atoms with Gasteiger partial charge in [-0.2, -0.15) is 0 Å². The zero-order chi connectivity index (χ0) is 42.3. The van der Waals surface area contributed by atoms with Gasteiger partial charge in [0.05, 0.1) is 25.6 Å². The molecule has 13 nitrogen and oxygen atoms in total. The largest absolute Gasteiger partial charge is 0.494 e. The Hall–Kier alpha value is -5.64. The minimum Gasteiger partial charge on any atom is -0.494 e. The standard InChI is InChI=1S/C19H25FN4O2.C17H13FN2O3.C8H18N2/c1-4-23-9-7-15(8-10-23)22(2)19(25)24-12-17(21-13-24)14-5-6-16(20)18(11-14)26-3;1-22-16-9-12(7-8-14(16)18)15-10-20(11-19-15)17(21)23-13-5-3-2-4-6-13;1-3-10-6-4-8(9-2)5-7-10/h5-6,11-13,15H,4,7-10H2,1-3H3;2-11H,1H3;8-9H,3-7H2,1-2H3. The average molecular weight is 815 g/mol. The van der Waals surface area contributed by atoms with Crippen LogP contribution < -0.4 is 19.5 Å². The molecule has 1 N–H and O–H groups in total. The maximum atomic E-state index is 13.6. The number of hydrogen-bond acceptors (Lipinski definition) is 10. The van der Waals surface area contributed by atoms with E-state index < -0.39 is 17.7 Å². The Labute approximate surface area is 345 Å². The number of aromatic nitrogens is 4. The second-order valence-electron chi connectivity index (χ2n) is 14.3. The van der Waals surface area contributed by atoms with Crippen molar-refractivity contribution in [1.82, 2.24) is 39.1 Å². The summed E-state index contributed by atoms with van der Waals surface area (Å²) in [7, 11) is 6.71. The highest BCUT2D eigenvalue weighted by Crippen LogP contribution is 2.27. The first kappa shape index (κ1) is 44.5. The van der Waals surface area contributed by atoms with Crippen LogP contribution in [0, 0.1) is 11.6 Å². The Bertz CT molecular complexity index is 2070. The van der Waals surface area contributed by atoms with E-state index in [2.05, 4.69) is 46.0 Å². The molecule has 15 heteroatoms. The molecular weight excluding hydrogens is 759 g/mol. The van der Waals surface area contributed by atoms with Crippen LogP contribution in [-0.2, 0) is 0 Å². The normalized spacial score (nSPS) is 15.0. The maximum Gasteiger partial charge on any atom is 0.424 e. The second kappa shape index (κ2) is 21.9. The number of halogens is 2. The minimum atomic E-state index is -0.580. The van der Waals surface area contributed by atoms with Crippen LogP contribution in [0.4, 0.5) is 18.4 Å². The van der Waals surface area contributed by atoms with Gasteiger partial charge < -0.3 is 34.2 Å². The van der Waals surface area contributed by atoms with Crippen LogP contribution in [0.1, 0.15) is 39.5 Å². The van der Waals surface area contributed by atoms with E-state index in [-0.39, 0.29) is 23.6 Å². The number of carbonyl (C=O) groups excluding carboxylic acids is 2. The molecular formula is C44H56F2N8O5. The summed E-state index contributed by atoms with van der Waals surface area (Å²) in [5, 5.41) is 3.32. The summed E-state index contributed by atoms with van der Waals surface area (Å²) in [6, 6.07) is 18.6. The highest BCUT2D eigenvalue weighted by Gasteiger charge is 2.26. The third-order valence-corrected chi connectivity index (χ3v) is 10.7. The number of likely N-dealkylation sites (tertiary alicyclic amines) is 2. The van der Waals surface area contributed by atoms with E-state index in [1.807, 2.05) is 13.1 Å². The highest BCUT2D eigenvalue weighted by molar-refractivity contribution is 5.78. The fourth-order valence-electron chi connectivity index (χ4n) is 6.93. The van der Waals surface area contributed by atoms with E-state index >= 15 is 0 Å². The smallest absolute Gasteiger partial charge is 0.424 e. The van der Waals surface area contributed by atoms with Gasteiger partial charge in [0, 0.05) is 55.7 Å². The second-order valence-corrected chi connectivity index (χ2v) is 14.3. The van der Waals surface area contributed by atoms with Crippen molar-refractivity contribution in [1.29, 1.82) is 0 Å². The van der Waals surface area contributed by atoms with Gasteiger partial charge in [0.2, 0.25) is 0 Å². The predicted octanol–water partition coefficient (Wildman–Crippen LogP) is 7.52. The summed E-state index contributed by atoms with van der Waals surface area (Å²) in [6.07, 6.45) is 10.1. The SMILES string of the molecule is CCN1CCC(N(C)C(=O)n2cnc(-c3ccc(F)c(OC)c3)c2)CC1.CCN1CCC(NC)CC1.COc1cc(-c2cn(C(=O)Oc3ccccc3)cn2)ccc1F. The first-order chi connectivity index (χ1) is 28.6. The molecule has 0 unspecified atom stereocenters. The van der Waals surface area contributed by atoms with Crippen molar-refractivity contribution in [3.8, 4) is 39.8 Å². The summed E-state index contributed by atoms with van der Waals surface area (Å²) in [5.74, 6) is -0.174. The van der Waals surface area contributed by atoms with Crippen molar-refractivity contribution < 1.29 is 32.6 Å². The maximum absolute atomic E-state index is 13.6. The van der Waals surface area contributed by atoms with E-state index in [4.69, 9.17) is 14.2 Å². The lowest BCUT2D eigenvalue weighted by Crippen LogP contribution is -2.46. The fraction of sp³-hybridized carbons (Fsp3) is 0.409. The molecule has 0 saturated carbocycles. The molecule has 0 radical (unpaired) electrons. The first-order valence-corrected chi connectivity index (χ1v) is 20.0. The third-order valence-electron chi connectivity index (χ3n) is 10.7. The van der Waals surface area contributed by atoms with Crippen molar-refractivity contribution in [3.63, 3.8) is 0 Å². The summed E-state index contributed by atoms with van der Waals surface area (Å²) in [6.45, 7) is 11.3. The lowest BCUT2D eigenvalue weighted by atomic mass is 10.0. The van der Waals surface area contributed by atoms with Crippen LogP contribution in [0.3, 0.4) is 0 Å². The van der Waals surface area contributed by atoms with Gasteiger partial charge in [-0.1, -0.05) is 32.0 Å². The molecule has 0 atom stereocenters. The molecule has 3 aromatic carbocycles. The highest BCUT2D eigenvalue weighted by atomic mass is 19.1. The first-order valence-electron chi connectivity index (χ1n) is 20.0. The quantitative estimate of drug-likeness (QED) is 0.160. The van der Waals surface area contributed by atoms with Crippen LogP contribution >= 0.6 is 0 Å². The number of rotatable bonds is 9. The number of piperidine rings is 2. The molecule has 2 saturated heterocycles. The van der Waals surface area contributed by atoms with Gasteiger partial charge in [-0.3, -0.25) is 4.57 Å². The Morgan fingerprint density at radius 3 is 1.73 bits per heavy atom. The number of nitrogens with one attached hydrogen (secondary N) is 1. The molecule has 5 aromatic rings. The Balaban J connectivity index is 0.000000183. The topological polar surface area (TPSA) is 119 Å². The predicted molar refractivity (Wildman–Crippen MR) is 224 cm³/mol. The van der Waals surface area contributed by atoms with Gasteiger partial charge in [0.1, 0.15) is 18.4 Å². The molecule has 316 valence electrons. The van der Waals surface area contributed by atoms with E-state index in [1.54, 1.807) is 53.6 Å². The van der Waals surface area contributed by atoms with Crippen LogP contribution in [0.25, 0.3) is 22.5 Å². The fourth-order valence-corrected chi connectivity index (χ4v) is 6.93. The van der Waals surface area contributed by atoms with Crippen LogP contribution in [0.15, 0.2) is 91.8 Å². The van der Waals surface area contributed by atoms with Crippen molar-refractivity contribution in [2.24, 2.45) is 0 Å². The van der Waals surface area contributed by atoms with Gasteiger partial charge >= 0.3 is 12.1 Å². The number of amides is 1. The number of nitrogens with zero attached hydrogens (tertiary/aromatic N) is 7. The molecule has 4 heterocycles. The Kier molecular flexibility index (Phi) is 16.5. The molecule has 2 aliphatic rings. The molecule has 2 aromatic heterocycles. The molecule has 0 aliphatic carbocycles. The minimum absolute atomic E-state index is 0.104. The molecule has 0 spiro atoms. The van der Waals surface area contributed by atoms with Crippen molar-refractivity contribution >= 4 is 12.1 Å². The number of carbonyl (C=O) groups is 2. The van der Waals surface area contributed by atoms with E-state index in [1.165, 1.54) is 92.9 Å². The van der Waals surface area contributed by atoms with Gasteiger partial charge in [0.15, 0.2) is 23.1 Å². The Morgan fingerprint density at radius 1 is 0.746 bits per heavy atom. The third kappa shape index (κ3) is 12.2. The molecule has 59 heavy (non-hydrogen) atoms. The number of imidazole rings is 2. The number of methoxy groups -OCH3 is 2. The number of hydrogen-bond donors (Lipinski definition) is 1. The summed E-state index contributed by atoms with van der Waals surface area (Å²) >= 11 is 0. The molecule has 2 aliphatic heterocycles. The number of ether oxygens (including phenoxy) is 3. The number of benzene rings is 3. The monoisotopic (exact) mass is 814 g/mol. The van der Waals surface area contributed by atoms with Gasteiger partial charge in [0.25, 0.3) is 0 Å². The average Bonchev–Trinajstić information content (AvgIpc) is 3.99. The molecule has 1 amide bonds. The van der Waals surface area contributed by atoms with E-state index in [9.17, 15) is 18.4 Å². The Morgan fingerprint density at radius 2 is 1.24 bits per heavy atom. The summed E-state index contributed by atoms with van der Waals surface area (Å²) in [4.78, 5) is 40.0. The summed E-state index contributed by atoms with van der Waals surface area (Å²) < 4.78 is 44.9. The van der Waals surface area contributed by atoms with E-state index in [0.717, 1.165) is 38.5 Å². The van der Waals surface area contributed by atoms with Gasteiger partial charge in [-0.15, -0.1) is 0 Å². The van der Waals surface area contributed by atoms with Gasteiger partial charge in [-0.25, -0.2) is 32.9 Å².